The molecule has 1 aliphatic heterocycles. The van der Waals surface area contributed by atoms with E-state index in [1.165, 1.54) is 6.20 Å². The van der Waals surface area contributed by atoms with Crippen LogP contribution < -0.4 is 15.4 Å². The first kappa shape index (κ1) is 22.6. The summed E-state index contributed by atoms with van der Waals surface area (Å²) < 4.78 is 47.2. The van der Waals surface area contributed by atoms with Crippen molar-refractivity contribution >= 4 is 12.1 Å². The third kappa shape index (κ3) is 7.66. The molecule has 0 aliphatic carbocycles. The number of aromatic nitrogens is 1. The van der Waals surface area contributed by atoms with E-state index in [2.05, 4.69) is 20.6 Å². The van der Waals surface area contributed by atoms with Crippen LogP contribution in [0.1, 0.15) is 26.3 Å². The minimum absolute atomic E-state index is 0.0106. The number of likely N-dealkylation sites (tertiary alicyclic amines) is 1. The Morgan fingerprint density at radius 3 is 2.62 bits per heavy atom. The van der Waals surface area contributed by atoms with Gasteiger partial charge in [-0.1, -0.05) is 6.07 Å². The largest absolute Gasteiger partial charge is 0.468 e. The number of ether oxygens (including phenoxy) is 2. The number of hydrogen-bond acceptors (Lipinski definition) is 5. The minimum Gasteiger partial charge on any atom is -0.468 e. The standard InChI is InChI=1S/C18H26F3N5O3/c1-17(2,3)29-16(27)26-9-13(10-26)25-15(22-4)24-8-12-6-5-7-23-14(12)28-11-18(19,20)21/h5-7,13H,8-11H2,1-4H3,(H2,22,24,25). The molecule has 1 aromatic rings. The van der Waals surface area contributed by atoms with E-state index in [1.807, 2.05) is 0 Å². The second kappa shape index (κ2) is 9.19. The molecule has 0 atom stereocenters. The van der Waals surface area contributed by atoms with E-state index < -0.39 is 18.4 Å². The number of rotatable bonds is 5. The molecule has 1 aromatic heterocycles. The van der Waals surface area contributed by atoms with Crippen LogP contribution in [0.5, 0.6) is 5.88 Å². The number of pyridine rings is 1. The number of hydrogen-bond donors (Lipinski definition) is 2. The number of aliphatic imine (C=N–C) groups is 1. The molecule has 0 bridgehead atoms. The normalized spacial score (nSPS) is 15.6. The monoisotopic (exact) mass is 417 g/mol. The lowest BCUT2D eigenvalue weighted by molar-refractivity contribution is -0.154. The van der Waals surface area contributed by atoms with Crippen molar-refractivity contribution in [3.8, 4) is 5.88 Å². The second-order valence-electron chi connectivity index (χ2n) is 7.52. The van der Waals surface area contributed by atoms with Gasteiger partial charge in [0, 0.05) is 38.4 Å². The van der Waals surface area contributed by atoms with Gasteiger partial charge in [0.05, 0.1) is 6.04 Å². The summed E-state index contributed by atoms with van der Waals surface area (Å²) in [6.07, 6.45) is -3.45. The Morgan fingerprint density at radius 2 is 2.03 bits per heavy atom. The first-order chi connectivity index (χ1) is 13.5. The molecular weight excluding hydrogens is 391 g/mol. The van der Waals surface area contributed by atoms with Gasteiger partial charge in [-0.05, 0) is 26.8 Å². The van der Waals surface area contributed by atoms with Crippen molar-refractivity contribution in [2.24, 2.45) is 4.99 Å². The van der Waals surface area contributed by atoms with Crippen LogP contribution in [0.15, 0.2) is 23.3 Å². The van der Waals surface area contributed by atoms with Gasteiger partial charge in [-0.2, -0.15) is 13.2 Å². The van der Waals surface area contributed by atoms with Gasteiger partial charge in [0.25, 0.3) is 0 Å². The number of guanidine groups is 1. The average Bonchev–Trinajstić information content (AvgIpc) is 2.56. The maximum atomic E-state index is 12.4. The molecule has 29 heavy (non-hydrogen) atoms. The molecule has 0 saturated carbocycles. The lowest BCUT2D eigenvalue weighted by Gasteiger charge is -2.40. The molecule has 1 fully saturated rings. The number of halogens is 3. The lowest BCUT2D eigenvalue weighted by Crippen LogP contribution is -2.63. The van der Waals surface area contributed by atoms with Crippen LogP contribution in [-0.2, 0) is 11.3 Å². The maximum absolute atomic E-state index is 12.4. The SMILES string of the molecule is CN=C(NCc1cccnc1OCC(F)(F)F)NC1CN(C(=O)OC(C)(C)C)C1. The third-order valence-corrected chi connectivity index (χ3v) is 3.77. The number of alkyl halides is 3. The van der Waals surface area contributed by atoms with Crippen molar-refractivity contribution in [2.75, 3.05) is 26.7 Å². The van der Waals surface area contributed by atoms with E-state index in [1.54, 1.807) is 44.9 Å². The van der Waals surface area contributed by atoms with Crippen molar-refractivity contribution in [3.05, 3.63) is 23.9 Å². The zero-order chi connectivity index (χ0) is 21.7. The first-order valence-corrected chi connectivity index (χ1v) is 9.05. The highest BCUT2D eigenvalue weighted by molar-refractivity contribution is 5.80. The fourth-order valence-corrected chi connectivity index (χ4v) is 2.45. The molecule has 2 heterocycles. The van der Waals surface area contributed by atoms with Crippen molar-refractivity contribution in [1.82, 2.24) is 20.5 Å². The van der Waals surface area contributed by atoms with Crippen LogP contribution in [0.25, 0.3) is 0 Å². The lowest BCUT2D eigenvalue weighted by atomic mass is 10.1. The van der Waals surface area contributed by atoms with Crippen LogP contribution in [0.2, 0.25) is 0 Å². The average molecular weight is 417 g/mol. The molecule has 2 rings (SSSR count). The zero-order valence-corrected chi connectivity index (χ0v) is 16.8. The summed E-state index contributed by atoms with van der Waals surface area (Å²) in [7, 11) is 1.57. The molecular formula is C18H26F3N5O3. The van der Waals surface area contributed by atoms with Crippen molar-refractivity contribution < 1.29 is 27.4 Å². The Kier molecular flexibility index (Phi) is 7.15. The Balaban J connectivity index is 1.82. The van der Waals surface area contributed by atoms with E-state index >= 15 is 0 Å². The summed E-state index contributed by atoms with van der Waals surface area (Å²) in [5, 5.41) is 6.15. The first-order valence-electron chi connectivity index (χ1n) is 9.05. The van der Waals surface area contributed by atoms with Crippen LogP contribution in [0, 0.1) is 0 Å². The highest BCUT2D eigenvalue weighted by Crippen LogP contribution is 2.20. The minimum atomic E-state index is -4.44. The number of carbonyl (C=O) groups excluding carboxylic acids is 1. The summed E-state index contributed by atoms with van der Waals surface area (Å²) in [4.78, 5) is 21.5. The fraction of sp³-hybridized carbons (Fsp3) is 0.611. The number of nitrogens with one attached hydrogen (secondary N) is 2. The molecule has 1 amide bonds. The molecule has 11 heteroatoms. The molecule has 8 nitrogen and oxygen atoms in total. The van der Waals surface area contributed by atoms with E-state index in [-0.39, 0.29) is 24.6 Å². The molecule has 1 saturated heterocycles. The predicted octanol–water partition coefficient (Wildman–Crippen LogP) is 2.31. The van der Waals surface area contributed by atoms with E-state index in [0.717, 1.165) is 0 Å². The molecule has 1 aliphatic rings. The Labute approximate surface area is 167 Å². The summed E-state index contributed by atoms with van der Waals surface area (Å²) in [6.45, 7) is 5.09. The quantitative estimate of drug-likeness (QED) is 0.565. The Morgan fingerprint density at radius 1 is 1.34 bits per heavy atom. The van der Waals surface area contributed by atoms with E-state index in [9.17, 15) is 18.0 Å². The summed E-state index contributed by atoms with van der Waals surface area (Å²) in [5.41, 5.74) is -0.0910. The van der Waals surface area contributed by atoms with Gasteiger partial charge in [0.2, 0.25) is 5.88 Å². The smallest absolute Gasteiger partial charge is 0.422 e. The van der Waals surface area contributed by atoms with E-state index in [0.29, 0.717) is 24.6 Å². The molecule has 0 spiro atoms. The van der Waals surface area contributed by atoms with Crippen molar-refractivity contribution in [2.45, 2.75) is 45.1 Å². The van der Waals surface area contributed by atoms with Gasteiger partial charge in [0.1, 0.15) is 5.60 Å². The van der Waals surface area contributed by atoms with Crippen LogP contribution in [0.4, 0.5) is 18.0 Å². The van der Waals surface area contributed by atoms with Crippen LogP contribution in [0.3, 0.4) is 0 Å². The predicted molar refractivity (Wildman–Crippen MR) is 101 cm³/mol. The molecule has 0 aromatic carbocycles. The van der Waals surface area contributed by atoms with Gasteiger partial charge in [-0.3, -0.25) is 4.99 Å². The van der Waals surface area contributed by atoms with Crippen molar-refractivity contribution in [3.63, 3.8) is 0 Å². The van der Waals surface area contributed by atoms with Gasteiger partial charge < -0.3 is 25.0 Å². The van der Waals surface area contributed by atoms with Gasteiger partial charge in [-0.15, -0.1) is 0 Å². The summed E-state index contributed by atoms with van der Waals surface area (Å²) in [6, 6.07) is 3.22. The number of carbonyl (C=O) groups is 1. The Hall–Kier alpha value is -2.72. The molecule has 162 valence electrons. The highest BCUT2D eigenvalue weighted by atomic mass is 19.4. The molecule has 0 unspecified atom stereocenters. The topological polar surface area (TPSA) is 88.1 Å². The summed E-state index contributed by atoms with van der Waals surface area (Å²) in [5.74, 6) is 0.358. The molecule has 2 N–H and O–H groups in total. The maximum Gasteiger partial charge on any atom is 0.422 e. The Bertz CT molecular complexity index is 728. The van der Waals surface area contributed by atoms with Gasteiger partial charge in [0.15, 0.2) is 12.6 Å². The second-order valence-corrected chi connectivity index (χ2v) is 7.52. The van der Waals surface area contributed by atoms with E-state index in [4.69, 9.17) is 9.47 Å². The van der Waals surface area contributed by atoms with Crippen molar-refractivity contribution in [1.29, 1.82) is 0 Å². The zero-order valence-electron chi connectivity index (χ0n) is 16.8. The molecule has 0 radical (unpaired) electrons. The van der Waals surface area contributed by atoms with Crippen LogP contribution in [-0.4, -0.2) is 66.5 Å². The van der Waals surface area contributed by atoms with Gasteiger partial charge >= 0.3 is 12.3 Å². The van der Waals surface area contributed by atoms with Gasteiger partial charge in [-0.25, -0.2) is 9.78 Å². The number of nitrogens with zero attached hydrogens (tertiary/aromatic N) is 3. The highest BCUT2D eigenvalue weighted by Gasteiger charge is 2.34. The van der Waals surface area contributed by atoms with Crippen LogP contribution >= 0.6 is 0 Å². The number of amides is 1. The fourth-order valence-electron chi connectivity index (χ4n) is 2.45. The third-order valence-electron chi connectivity index (χ3n) is 3.77. The summed E-state index contributed by atoms with van der Waals surface area (Å²) >= 11 is 0.